The molecule has 0 radical (unpaired) electrons. The van der Waals surface area contributed by atoms with Gasteiger partial charge >= 0.3 is 0 Å². The van der Waals surface area contributed by atoms with Gasteiger partial charge in [0.25, 0.3) is 0 Å². The number of ether oxygens (including phenoxy) is 2. The van der Waals surface area contributed by atoms with Gasteiger partial charge in [-0.15, -0.1) is 0 Å². The third kappa shape index (κ3) is 6.22. The molecule has 0 bridgehead atoms. The normalized spacial score (nSPS) is 10.9. The minimum atomic E-state index is -0.0590. The van der Waals surface area contributed by atoms with E-state index in [0.717, 1.165) is 35.4 Å². The number of hydrogen-bond acceptors (Lipinski definition) is 5. The number of carbonyl (C=O) groups excluding carboxylic acids is 1. The molecule has 2 aromatic carbocycles. The number of methoxy groups -OCH3 is 1. The second-order valence-corrected chi connectivity index (χ2v) is 7.08. The van der Waals surface area contributed by atoms with Crippen molar-refractivity contribution in [2.75, 3.05) is 27.3 Å². The van der Waals surface area contributed by atoms with E-state index in [1.165, 1.54) is 0 Å². The number of benzene rings is 2. The lowest BCUT2D eigenvalue weighted by Crippen LogP contribution is -2.26. The topological polar surface area (TPSA) is 64.8 Å². The highest BCUT2D eigenvalue weighted by Crippen LogP contribution is 2.28. The van der Waals surface area contributed by atoms with E-state index in [1.54, 1.807) is 31.2 Å². The van der Waals surface area contributed by atoms with Crippen LogP contribution in [0.25, 0.3) is 17.3 Å². The van der Waals surface area contributed by atoms with Gasteiger partial charge in [0.1, 0.15) is 11.5 Å². The third-order valence-electron chi connectivity index (χ3n) is 4.83. The maximum absolute atomic E-state index is 12.4. The average molecular weight is 421 g/mol. The second kappa shape index (κ2) is 11.0. The standard InChI is InChI=1S/C25H28N2O4/c1-4-30-24-17-19(12-14-23(24)29-3)13-15-25(28)27(2)16-8-11-21-18-22(26-31-21)20-9-6-5-7-10-20/h5-7,9-10,12-15,17-18H,4,8,11,16H2,1-3H3/b15-13+. The predicted molar refractivity (Wildman–Crippen MR) is 121 cm³/mol. The molecular weight excluding hydrogens is 392 g/mol. The molecule has 1 aromatic heterocycles. The average Bonchev–Trinajstić information content (AvgIpc) is 3.27. The lowest BCUT2D eigenvalue weighted by atomic mass is 10.1. The Labute approximate surface area is 183 Å². The quantitative estimate of drug-likeness (QED) is 0.439. The molecule has 6 nitrogen and oxygen atoms in total. The van der Waals surface area contributed by atoms with Crippen LogP contribution < -0.4 is 9.47 Å². The highest BCUT2D eigenvalue weighted by molar-refractivity contribution is 5.91. The summed E-state index contributed by atoms with van der Waals surface area (Å²) in [6, 6.07) is 17.5. The van der Waals surface area contributed by atoms with Crippen LogP contribution >= 0.6 is 0 Å². The van der Waals surface area contributed by atoms with Gasteiger partial charge in [-0.05, 0) is 37.1 Å². The van der Waals surface area contributed by atoms with Crippen molar-refractivity contribution in [3.8, 4) is 22.8 Å². The Morgan fingerprint density at radius 2 is 1.94 bits per heavy atom. The first-order valence-corrected chi connectivity index (χ1v) is 10.4. The zero-order valence-corrected chi connectivity index (χ0v) is 18.2. The molecule has 0 aliphatic rings. The fourth-order valence-electron chi connectivity index (χ4n) is 3.14. The maximum Gasteiger partial charge on any atom is 0.246 e. The van der Waals surface area contributed by atoms with E-state index in [-0.39, 0.29) is 5.91 Å². The van der Waals surface area contributed by atoms with Crippen molar-refractivity contribution >= 4 is 12.0 Å². The molecule has 0 aliphatic heterocycles. The Morgan fingerprint density at radius 3 is 2.68 bits per heavy atom. The van der Waals surface area contributed by atoms with Crippen molar-refractivity contribution < 1.29 is 18.8 Å². The van der Waals surface area contributed by atoms with Crippen molar-refractivity contribution in [2.24, 2.45) is 0 Å². The fraction of sp³-hybridized carbons (Fsp3) is 0.280. The van der Waals surface area contributed by atoms with Gasteiger partial charge in [-0.3, -0.25) is 4.79 Å². The summed E-state index contributed by atoms with van der Waals surface area (Å²) in [6.45, 7) is 3.09. The molecule has 6 heteroatoms. The lowest BCUT2D eigenvalue weighted by molar-refractivity contribution is -0.124. The summed E-state index contributed by atoms with van der Waals surface area (Å²) in [6.07, 6.45) is 4.86. The molecule has 31 heavy (non-hydrogen) atoms. The van der Waals surface area contributed by atoms with Crippen LogP contribution in [0.15, 0.2) is 65.2 Å². The summed E-state index contributed by atoms with van der Waals surface area (Å²) in [5.74, 6) is 2.09. The second-order valence-electron chi connectivity index (χ2n) is 7.08. The minimum absolute atomic E-state index is 0.0590. The molecule has 3 rings (SSSR count). The van der Waals surface area contributed by atoms with Gasteiger partial charge in [0.2, 0.25) is 5.91 Å². The van der Waals surface area contributed by atoms with Gasteiger partial charge < -0.3 is 18.9 Å². The van der Waals surface area contributed by atoms with E-state index in [0.29, 0.717) is 24.7 Å². The van der Waals surface area contributed by atoms with Crippen molar-refractivity contribution in [3.63, 3.8) is 0 Å². The van der Waals surface area contributed by atoms with Crippen LogP contribution in [0.5, 0.6) is 11.5 Å². The van der Waals surface area contributed by atoms with Crippen molar-refractivity contribution in [1.29, 1.82) is 0 Å². The summed E-state index contributed by atoms with van der Waals surface area (Å²) in [7, 11) is 3.40. The van der Waals surface area contributed by atoms with Crippen molar-refractivity contribution in [2.45, 2.75) is 19.8 Å². The Hall–Kier alpha value is -3.54. The number of carbonyl (C=O) groups is 1. The SMILES string of the molecule is CCOc1cc(/C=C/C(=O)N(C)CCCc2cc(-c3ccccc3)no2)ccc1OC. The van der Waals surface area contributed by atoms with Crippen molar-refractivity contribution in [3.05, 3.63) is 72.0 Å². The van der Waals surface area contributed by atoms with E-state index < -0.39 is 0 Å². The smallest absolute Gasteiger partial charge is 0.246 e. The largest absolute Gasteiger partial charge is 0.493 e. The van der Waals surface area contributed by atoms with Gasteiger partial charge in [0.05, 0.1) is 13.7 Å². The molecular formula is C25H28N2O4. The van der Waals surface area contributed by atoms with E-state index >= 15 is 0 Å². The number of aromatic nitrogens is 1. The molecule has 0 saturated carbocycles. The molecule has 162 valence electrons. The van der Waals surface area contributed by atoms with Gasteiger partial charge in [-0.1, -0.05) is 41.6 Å². The fourth-order valence-corrected chi connectivity index (χ4v) is 3.14. The molecule has 0 unspecified atom stereocenters. The third-order valence-corrected chi connectivity index (χ3v) is 4.83. The Morgan fingerprint density at radius 1 is 1.13 bits per heavy atom. The number of hydrogen-bond donors (Lipinski definition) is 0. The molecule has 0 N–H and O–H groups in total. The van der Waals surface area contributed by atoms with Crippen LogP contribution in [-0.2, 0) is 11.2 Å². The van der Waals surface area contributed by atoms with Crippen LogP contribution in [0.4, 0.5) is 0 Å². The molecule has 0 spiro atoms. The molecule has 3 aromatic rings. The van der Waals surface area contributed by atoms with E-state index in [4.69, 9.17) is 14.0 Å². The lowest BCUT2D eigenvalue weighted by Gasteiger charge is -2.14. The maximum atomic E-state index is 12.4. The molecule has 0 aliphatic carbocycles. The zero-order valence-electron chi connectivity index (χ0n) is 18.2. The number of likely N-dealkylation sites (N-methyl/N-ethyl adjacent to an activating group) is 1. The molecule has 1 heterocycles. The van der Waals surface area contributed by atoms with Gasteiger partial charge in [-0.2, -0.15) is 0 Å². The van der Waals surface area contributed by atoms with Crippen molar-refractivity contribution in [1.82, 2.24) is 10.1 Å². The van der Waals surface area contributed by atoms with E-state index in [9.17, 15) is 4.79 Å². The number of amides is 1. The first-order chi connectivity index (χ1) is 15.1. The number of rotatable bonds is 10. The van der Waals surface area contributed by atoms with E-state index in [2.05, 4.69) is 5.16 Å². The summed E-state index contributed by atoms with van der Waals surface area (Å²) < 4.78 is 16.3. The van der Waals surface area contributed by atoms with E-state index in [1.807, 2.05) is 61.5 Å². The molecule has 0 atom stereocenters. The highest BCUT2D eigenvalue weighted by atomic mass is 16.5. The zero-order chi connectivity index (χ0) is 22.1. The molecule has 1 amide bonds. The monoisotopic (exact) mass is 420 g/mol. The molecule has 0 fully saturated rings. The first kappa shape index (κ1) is 22.2. The van der Waals surface area contributed by atoms with Crippen LogP contribution in [0, 0.1) is 0 Å². The number of aryl methyl sites for hydroxylation is 1. The number of nitrogens with zero attached hydrogens (tertiary/aromatic N) is 2. The van der Waals surface area contributed by atoms with Crippen LogP contribution in [0.2, 0.25) is 0 Å². The summed E-state index contributed by atoms with van der Waals surface area (Å²) in [5.41, 5.74) is 2.73. The Balaban J connectivity index is 1.50. The summed E-state index contributed by atoms with van der Waals surface area (Å²) in [5, 5.41) is 4.13. The van der Waals surface area contributed by atoms with Crippen LogP contribution in [0.3, 0.4) is 0 Å². The summed E-state index contributed by atoms with van der Waals surface area (Å²) >= 11 is 0. The van der Waals surface area contributed by atoms with Crippen LogP contribution in [0.1, 0.15) is 24.7 Å². The van der Waals surface area contributed by atoms with Gasteiger partial charge in [-0.25, -0.2) is 0 Å². The highest BCUT2D eigenvalue weighted by Gasteiger charge is 2.09. The Kier molecular flexibility index (Phi) is 7.87. The summed E-state index contributed by atoms with van der Waals surface area (Å²) in [4.78, 5) is 14.1. The predicted octanol–water partition coefficient (Wildman–Crippen LogP) is 4.85. The van der Waals surface area contributed by atoms with Gasteiger partial charge in [0.15, 0.2) is 11.5 Å². The van der Waals surface area contributed by atoms with Gasteiger partial charge in [0, 0.05) is 37.7 Å². The first-order valence-electron chi connectivity index (χ1n) is 10.4. The molecule has 0 saturated heterocycles. The van der Waals surface area contributed by atoms with Crippen LogP contribution in [-0.4, -0.2) is 43.3 Å². The minimum Gasteiger partial charge on any atom is -0.493 e. The Bertz CT molecular complexity index is 1010.